The fourth-order valence-electron chi connectivity index (χ4n) is 2.65. The molecule has 0 saturated carbocycles. The maximum Gasteiger partial charge on any atom is 0.225 e. The summed E-state index contributed by atoms with van der Waals surface area (Å²) in [6.07, 6.45) is 0.709. The normalized spacial score (nSPS) is 17.3. The Labute approximate surface area is 142 Å². The SMILES string of the molecule is C=C(C(=O)C(C)(N)C(C)C(CC(C)C)C(=O)N(C)C)C(C)(C)C. The number of rotatable bonds is 7. The van der Waals surface area contributed by atoms with E-state index in [-0.39, 0.29) is 28.9 Å². The first-order chi connectivity index (χ1) is 10.1. The molecule has 2 N–H and O–H groups in total. The summed E-state index contributed by atoms with van der Waals surface area (Å²) in [6.45, 7) is 17.6. The lowest BCUT2D eigenvalue weighted by atomic mass is 9.69. The monoisotopic (exact) mass is 324 g/mol. The van der Waals surface area contributed by atoms with Crippen LogP contribution in [0.3, 0.4) is 0 Å². The average Bonchev–Trinajstić information content (AvgIpc) is 2.39. The van der Waals surface area contributed by atoms with Crippen molar-refractivity contribution in [1.82, 2.24) is 4.90 Å². The van der Waals surface area contributed by atoms with Crippen LogP contribution < -0.4 is 5.73 Å². The first kappa shape index (κ1) is 21.8. The fourth-order valence-corrected chi connectivity index (χ4v) is 2.65. The van der Waals surface area contributed by atoms with Gasteiger partial charge in [-0.25, -0.2) is 0 Å². The van der Waals surface area contributed by atoms with Gasteiger partial charge in [0.25, 0.3) is 0 Å². The van der Waals surface area contributed by atoms with E-state index in [1.54, 1.807) is 25.9 Å². The van der Waals surface area contributed by atoms with Crippen LogP contribution in [0, 0.1) is 23.2 Å². The number of hydrogen-bond acceptors (Lipinski definition) is 3. The molecule has 1 amide bonds. The molecule has 0 bridgehead atoms. The quantitative estimate of drug-likeness (QED) is 0.731. The van der Waals surface area contributed by atoms with Crippen molar-refractivity contribution in [2.75, 3.05) is 14.1 Å². The molecule has 0 heterocycles. The average molecular weight is 325 g/mol. The van der Waals surface area contributed by atoms with Gasteiger partial charge in [0.1, 0.15) is 0 Å². The van der Waals surface area contributed by atoms with Crippen molar-refractivity contribution in [3.05, 3.63) is 12.2 Å². The smallest absolute Gasteiger partial charge is 0.225 e. The number of carbonyl (C=O) groups excluding carboxylic acids is 2. The van der Waals surface area contributed by atoms with E-state index < -0.39 is 5.54 Å². The Morgan fingerprint density at radius 2 is 1.52 bits per heavy atom. The maximum atomic E-state index is 12.9. The zero-order chi connectivity index (χ0) is 18.7. The highest BCUT2D eigenvalue weighted by Gasteiger charge is 2.44. The Balaban J connectivity index is 5.62. The second-order valence-electron chi connectivity index (χ2n) is 8.60. The van der Waals surface area contributed by atoms with Gasteiger partial charge in [-0.2, -0.15) is 0 Å². The van der Waals surface area contributed by atoms with Crippen molar-refractivity contribution in [3.63, 3.8) is 0 Å². The molecule has 0 aromatic rings. The minimum absolute atomic E-state index is 0.0250. The van der Waals surface area contributed by atoms with Gasteiger partial charge in [0.05, 0.1) is 5.54 Å². The highest BCUT2D eigenvalue weighted by molar-refractivity contribution is 6.03. The van der Waals surface area contributed by atoms with Crippen LogP contribution in [0.1, 0.15) is 54.9 Å². The van der Waals surface area contributed by atoms with Crippen molar-refractivity contribution >= 4 is 11.7 Å². The Kier molecular flexibility index (Phi) is 7.22. The Hall–Kier alpha value is -1.16. The number of nitrogens with two attached hydrogens (primary N) is 1. The van der Waals surface area contributed by atoms with Gasteiger partial charge in [0.15, 0.2) is 5.78 Å². The highest BCUT2D eigenvalue weighted by atomic mass is 16.2. The molecular weight excluding hydrogens is 288 g/mol. The molecule has 3 unspecified atom stereocenters. The summed E-state index contributed by atoms with van der Waals surface area (Å²) in [5, 5.41) is 0. The van der Waals surface area contributed by atoms with Gasteiger partial charge >= 0.3 is 0 Å². The molecule has 0 aliphatic heterocycles. The maximum absolute atomic E-state index is 12.9. The standard InChI is InChI=1S/C19H36N2O2/c1-12(2)11-15(17(23)21(9)10)13(3)19(8,20)16(22)14(4)18(5,6)7/h12-13,15H,4,11,20H2,1-3,5-10H3. The van der Waals surface area contributed by atoms with Gasteiger partial charge < -0.3 is 10.6 Å². The summed E-state index contributed by atoms with van der Waals surface area (Å²) in [4.78, 5) is 27.1. The first-order valence-electron chi connectivity index (χ1n) is 8.38. The van der Waals surface area contributed by atoms with Crippen molar-refractivity contribution in [3.8, 4) is 0 Å². The molecule has 0 rings (SSSR count). The number of hydrogen-bond donors (Lipinski definition) is 1. The first-order valence-corrected chi connectivity index (χ1v) is 8.38. The molecule has 0 aromatic heterocycles. The van der Waals surface area contributed by atoms with E-state index in [4.69, 9.17) is 5.73 Å². The lowest BCUT2D eigenvalue weighted by Gasteiger charge is -2.39. The van der Waals surface area contributed by atoms with Crippen LogP contribution in [-0.2, 0) is 9.59 Å². The van der Waals surface area contributed by atoms with Crippen molar-refractivity contribution in [2.24, 2.45) is 28.9 Å². The van der Waals surface area contributed by atoms with Gasteiger partial charge in [-0.1, -0.05) is 48.1 Å². The number of carbonyl (C=O) groups is 2. The zero-order valence-corrected chi connectivity index (χ0v) is 16.5. The van der Waals surface area contributed by atoms with E-state index in [1.807, 2.05) is 27.7 Å². The summed E-state index contributed by atoms with van der Waals surface area (Å²) in [5.74, 6) is -0.332. The third-order valence-electron chi connectivity index (χ3n) is 4.70. The van der Waals surface area contributed by atoms with Gasteiger partial charge in [-0.3, -0.25) is 9.59 Å². The second kappa shape index (κ2) is 7.61. The number of ketones is 1. The van der Waals surface area contributed by atoms with E-state index in [2.05, 4.69) is 20.4 Å². The van der Waals surface area contributed by atoms with Gasteiger partial charge in [-0.15, -0.1) is 0 Å². The third kappa shape index (κ3) is 5.45. The lowest BCUT2D eigenvalue weighted by Crippen LogP contribution is -2.56. The van der Waals surface area contributed by atoms with Crippen molar-refractivity contribution in [2.45, 2.75) is 60.4 Å². The van der Waals surface area contributed by atoms with Crippen LogP contribution >= 0.6 is 0 Å². The third-order valence-corrected chi connectivity index (χ3v) is 4.70. The minimum Gasteiger partial charge on any atom is -0.349 e. The largest absolute Gasteiger partial charge is 0.349 e. The van der Waals surface area contributed by atoms with E-state index in [1.165, 1.54) is 0 Å². The molecule has 0 aliphatic rings. The Morgan fingerprint density at radius 3 is 1.83 bits per heavy atom. The number of Topliss-reactive ketones (excluding diaryl/α,β-unsaturated/α-hetero) is 1. The molecular formula is C19H36N2O2. The molecule has 0 spiro atoms. The number of amides is 1. The second-order valence-corrected chi connectivity index (χ2v) is 8.60. The lowest BCUT2D eigenvalue weighted by molar-refractivity contribution is -0.137. The molecule has 0 fully saturated rings. The fraction of sp³-hybridized carbons (Fsp3) is 0.789. The van der Waals surface area contributed by atoms with Gasteiger partial charge in [-0.05, 0) is 36.2 Å². The molecule has 23 heavy (non-hydrogen) atoms. The van der Waals surface area contributed by atoms with Crippen LogP contribution in [0.4, 0.5) is 0 Å². The molecule has 0 radical (unpaired) electrons. The predicted octanol–water partition coefficient (Wildman–Crippen LogP) is 3.26. The van der Waals surface area contributed by atoms with Gasteiger partial charge in [0, 0.05) is 20.0 Å². The van der Waals surface area contributed by atoms with E-state index in [9.17, 15) is 9.59 Å². The Morgan fingerprint density at radius 1 is 1.09 bits per heavy atom. The van der Waals surface area contributed by atoms with Crippen LogP contribution in [0.15, 0.2) is 12.2 Å². The molecule has 0 saturated heterocycles. The predicted molar refractivity (Wildman–Crippen MR) is 97.0 cm³/mol. The van der Waals surface area contributed by atoms with E-state index >= 15 is 0 Å². The molecule has 4 heteroatoms. The minimum atomic E-state index is -1.12. The summed E-state index contributed by atoms with van der Waals surface area (Å²) >= 11 is 0. The summed E-state index contributed by atoms with van der Waals surface area (Å²) < 4.78 is 0. The van der Waals surface area contributed by atoms with Gasteiger partial charge in [0.2, 0.25) is 5.91 Å². The zero-order valence-electron chi connectivity index (χ0n) is 16.5. The van der Waals surface area contributed by atoms with Crippen LogP contribution in [-0.4, -0.2) is 36.2 Å². The van der Waals surface area contributed by atoms with E-state index in [0.29, 0.717) is 17.9 Å². The summed E-state index contributed by atoms with van der Waals surface area (Å²) in [6, 6.07) is 0. The Bertz CT molecular complexity index is 456. The van der Waals surface area contributed by atoms with Crippen LogP contribution in [0.25, 0.3) is 0 Å². The molecule has 4 nitrogen and oxygen atoms in total. The van der Waals surface area contributed by atoms with Crippen molar-refractivity contribution < 1.29 is 9.59 Å². The molecule has 0 aliphatic carbocycles. The highest BCUT2D eigenvalue weighted by Crippen LogP contribution is 2.35. The summed E-state index contributed by atoms with van der Waals surface area (Å²) in [5.41, 5.74) is 5.49. The molecule has 134 valence electrons. The number of nitrogens with zero attached hydrogens (tertiary/aromatic N) is 1. The summed E-state index contributed by atoms with van der Waals surface area (Å²) in [7, 11) is 3.48. The van der Waals surface area contributed by atoms with Crippen LogP contribution in [0.5, 0.6) is 0 Å². The van der Waals surface area contributed by atoms with Crippen LogP contribution in [0.2, 0.25) is 0 Å². The molecule has 3 atom stereocenters. The topological polar surface area (TPSA) is 63.4 Å². The van der Waals surface area contributed by atoms with E-state index in [0.717, 1.165) is 0 Å². The molecule has 0 aromatic carbocycles. The van der Waals surface area contributed by atoms with Crippen molar-refractivity contribution in [1.29, 1.82) is 0 Å².